The van der Waals surface area contributed by atoms with Gasteiger partial charge in [-0.3, -0.25) is 4.79 Å². The Bertz CT molecular complexity index is 820. The molecule has 1 heterocycles. The molecule has 2 atom stereocenters. The molecular weight excluding hydrogens is 372 g/mol. The van der Waals surface area contributed by atoms with Crippen LogP contribution in [0.3, 0.4) is 0 Å². The Morgan fingerprint density at radius 1 is 1.42 bits per heavy atom. The van der Waals surface area contributed by atoms with Crippen molar-refractivity contribution in [2.45, 2.75) is 25.7 Å². The normalized spacial score (nSPS) is 23.5. The second-order valence-corrected chi connectivity index (χ2v) is 7.00. The Morgan fingerprint density at radius 2 is 2.17 bits per heavy atom. The highest BCUT2D eigenvalue weighted by Gasteiger charge is 2.40. The minimum atomic E-state index is -0.564. The summed E-state index contributed by atoms with van der Waals surface area (Å²) in [6.45, 7) is 2.00. The number of hydrogen-bond donors (Lipinski definition) is 1. The molecular formula is C18H17BrN2O3. The number of hydrogen-bond acceptors (Lipinski definition) is 5. The molecule has 0 saturated carbocycles. The zero-order valence-corrected chi connectivity index (χ0v) is 15.0. The van der Waals surface area contributed by atoms with Gasteiger partial charge in [-0.1, -0.05) is 22.9 Å². The van der Waals surface area contributed by atoms with Crippen LogP contribution in [0.25, 0.3) is 0 Å². The van der Waals surface area contributed by atoms with Crippen molar-refractivity contribution in [3.63, 3.8) is 0 Å². The highest BCUT2D eigenvalue weighted by Crippen LogP contribution is 2.47. The monoisotopic (exact) mass is 388 g/mol. The third kappa shape index (κ3) is 2.69. The molecule has 1 aromatic carbocycles. The van der Waals surface area contributed by atoms with Gasteiger partial charge in [-0.15, -0.1) is 0 Å². The van der Waals surface area contributed by atoms with Crippen molar-refractivity contribution >= 4 is 21.7 Å². The number of benzene rings is 1. The summed E-state index contributed by atoms with van der Waals surface area (Å²) in [5.41, 5.74) is 7.48. The van der Waals surface area contributed by atoms with Crippen LogP contribution in [0.15, 0.2) is 45.5 Å². The molecule has 2 aliphatic rings. The first kappa shape index (κ1) is 16.6. The maximum Gasteiger partial charge on any atom is 0.205 e. The summed E-state index contributed by atoms with van der Waals surface area (Å²) in [6.07, 6.45) is 1.07. The number of nitriles is 1. The molecule has 1 aromatic rings. The number of halogens is 1. The minimum absolute atomic E-state index is 0.00368. The lowest BCUT2D eigenvalue weighted by Gasteiger charge is -2.33. The largest absolute Gasteiger partial charge is 0.496 e. The molecule has 24 heavy (non-hydrogen) atoms. The third-order valence-electron chi connectivity index (χ3n) is 4.37. The predicted octanol–water partition coefficient (Wildman–Crippen LogP) is 3.52. The Hall–Kier alpha value is -2.26. The number of methoxy groups -OCH3 is 1. The molecule has 0 amide bonds. The molecule has 1 aliphatic heterocycles. The predicted molar refractivity (Wildman–Crippen MR) is 91.8 cm³/mol. The van der Waals surface area contributed by atoms with E-state index in [0.717, 1.165) is 10.0 Å². The molecule has 6 heteroatoms. The van der Waals surface area contributed by atoms with E-state index in [0.29, 0.717) is 29.9 Å². The van der Waals surface area contributed by atoms with E-state index in [-0.39, 0.29) is 23.2 Å². The molecule has 3 rings (SSSR count). The number of carbonyl (C=O) groups is 1. The van der Waals surface area contributed by atoms with Crippen LogP contribution in [-0.2, 0) is 9.53 Å². The molecule has 1 aliphatic carbocycles. The van der Waals surface area contributed by atoms with Crippen LogP contribution in [-0.4, -0.2) is 12.9 Å². The molecule has 0 radical (unpaired) electrons. The summed E-state index contributed by atoms with van der Waals surface area (Å²) >= 11 is 3.44. The molecule has 0 saturated heterocycles. The van der Waals surface area contributed by atoms with Gasteiger partial charge in [0.1, 0.15) is 23.2 Å². The SMILES string of the molecule is COc1ccc(Br)cc1[C@@H]1C(C#N)=C(N)OC2=C1C(=O)C[C@H](C)C2. The molecule has 5 nitrogen and oxygen atoms in total. The van der Waals surface area contributed by atoms with E-state index in [2.05, 4.69) is 22.0 Å². The first-order valence-corrected chi connectivity index (χ1v) is 8.42. The number of Topliss-reactive ketones (excluding diaryl/α,β-unsaturated/α-hetero) is 1. The maximum atomic E-state index is 12.7. The van der Waals surface area contributed by atoms with E-state index < -0.39 is 5.92 Å². The van der Waals surface area contributed by atoms with Crippen LogP contribution in [0.4, 0.5) is 0 Å². The van der Waals surface area contributed by atoms with Crippen LogP contribution >= 0.6 is 15.9 Å². The van der Waals surface area contributed by atoms with E-state index in [1.54, 1.807) is 13.2 Å². The van der Waals surface area contributed by atoms with Crippen molar-refractivity contribution in [2.75, 3.05) is 7.11 Å². The van der Waals surface area contributed by atoms with E-state index in [1.807, 2.05) is 19.1 Å². The lowest BCUT2D eigenvalue weighted by Crippen LogP contribution is -2.29. The van der Waals surface area contributed by atoms with E-state index in [4.69, 9.17) is 15.2 Å². The second kappa shape index (κ2) is 6.33. The molecule has 0 fully saturated rings. The maximum absolute atomic E-state index is 12.7. The Labute approximate surface area is 148 Å². The fourth-order valence-electron chi connectivity index (χ4n) is 3.33. The fourth-order valence-corrected chi connectivity index (χ4v) is 3.71. The van der Waals surface area contributed by atoms with E-state index >= 15 is 0 Å². The van der Waals surface area contributed by atoms with Gasteiger partial charge in [0.15, 0.2) is 5.78 Å². The van der Waals surface area contributed by atoms with Gasteiger partial charge in [-0.25, -0.2) is 0 Å². The van der Waals surface area contributed by atoms with Crippen molar-refractivity contribution in [1.29, 1.82) is 5.26 Å². The first-order valence-electron chi connectivity index (χ1n) is 7.63. The average Bonchev–Trinajstić information content (AvgIpc) is 2.53. The van der Waals surface area contributed by atoms with Crippen LogP contribution < -0.4 is 10.5 Å². The van der Waals surface area contributed by atoms with Gasteiger partial charge in [-0.05, 0) is 24.1 Å². The first-order chi connectivity index (χ1) is 11.5. The smallest absolute Gasteiger partial charge is 0.205 e. The summed E-state index contributed by atoms with van der Waals surface area (Å²) in [7, 11) is 1.56. The molecule has 0 unspecified atom stereocenters. The minimum Gasteiger partial charge on any atom is -0.496 e. The van der Waals surface area contributed by atoms with Gasteiger partial charge in [0.25, 0.3) is 0 Å². The van der Waals surface area contributed by atoms with Crippen molar-refractivity contribution in [3.05, 3.63) is 51.0 Å². The highest BCUT2D eigenvalue weighted by molar-refractivity contribution is 9.10. The van der Waals surface area contributed by atoms with Gasteiger partial charge < -0.3 is 15.2 Å². The Balaban J connectivity index is 2.25. The van der Waals surface area contributed by atoms with Crippen molar-refractivity contribution in [2.24, 2.45) is 11.7 Å². The molecule has 0 aromatic heterocycles. The van der Waals surface area contributed by atoms with E-state index in [1.165, 1.54) is 0 Å². The number of carbonyl (C=O) groups excluding carboxylic acids is 1. The second-order valence-electron chi connectivity index (χ2n) is 6.08. The summed E-state index contributed by atoms with van der Waals surface area (Å²) in [5.74, 6) is 0.858. The van der Waals surface area contributed by atoms with Crippen LogP contribution in [0.5, 0.6) is 5.75 Å². The number of rotatable bonds is 2. The average molecular weight is 389 g/mol. The molecule has 0 spiro atoms. The highest BCUT2D eigenvalue weighted by atomic mass is 79.9. The van der Waals surface area contributed by atoms with Gasteiger partial charge in [-0.2, -0.15) is 5.26 Å². The van der Waals surface area contributed by atoms with Gasteiger partial charge in [0.05, 0.1) is 13.0 Å². The summed E-state index contributed by atoms with van der Waals surface area (Å²) in [4.78, 5) is 12.7. The summed E-state index contributed by atoms with van der Waals surface area (Å²) < 4.78 is 11.9. The van der Waals surface area contributed by atoms with Gasteiger partial charge >= 0.3 is 0 Å². The number of nitrogens with two attached hydrogens (primary N) is 1. The molecule has 124 valence electrons. The van der Waals surface area contributed by atoms with E-state index in [9.17, 15) is 10.1 Å². The number of ketones is 1. The van der Waals surface area contributed by atoms with Gasteiger partial charge in [0, 0.05) is 28.5 Å². The number of allylic oxidation sites excluding steroid dienone is 3. The van der Waals surface area contributed by atoms with Gasteiger partial charge in [0.2, 0.25) is 5.88 Å². The standard InChI is InChI=1S/C18H17BrN2O3/c1-9-5-13(22)17-15(6-9)24-18(21)12(8-20)16(17)11-7-10(19)3-4-14(11)23-2/h3-4,7,9,16H,5-6,21H2,1-2H3/t9-,16+/m0/s1. The van der Waals surface area contributed by atoms with Crippen molar-refractivity contribution in [3.8, 4) is 11.8 Å². The summed E-state index contributed by atoms with van der Waals surface area (Å²) in [6, 6.07) is 7.62. The molecule has 0 bridgehead atoms. The third-order valence-corrected chi connectivity index (χ3v) is 4.86. The summed E-state index contributed by atoms with van der Waals surface area (Å²) in [5, 5.41) is 9.60. The Morgan fingerprint density at radius 3 is 2.83 bits per heavy atom. The number of nitrogens with zero attached hydrogens (tertiary/aromatic N) is 1. The zero-order chi connectivity index (χ0) is 17.4. The van der Waals surface area contributed by atoms with Crippen LogP contribution in [0, 0.1) is 17.2 Å². The van der Waals surface area contributed by atoms with Crippen LogP contribution in [0.1, 0.15) is 31.2 Å². The number of ether oxygens (including phenoxy) is 2. The fraction of sp³-hybridized carbons (Fsp3) is 0.333. The molecule has 2 N–H and O–H groups in total. The van der Waals surface area contributed by atoms with Crippen molar-refractivity contribution < 1.29 is 14.3 Å². The van der Waals surface area contributed by atoms with Crippen molar-refractivity contribution in [1.82, 2.24) is 0 Å². The topological polar surface area (TPSA) is 85.3 Å². The Kier molecular flexibility index (Phi) is 4.37. The van der Waals surface area contributed by atoms with Crippen LogP contribution in [0.2, 0.25) is 0 Å². The zero-order valence-electron chi connectivity index (χ0n) is 13.4. The lowest BCUT2D eigenvalue weighted by molar-refractivity contribution is -0.117. The quantitative estimate of drug-likeness (QED) is 0.837. The lowest BCUT2D eigenvalue weighted by atomic mass is 9.75.